The van der Waals surface area contributed by atoms with Gasteiger partial charge in [-0.25, -0.2) is 0 Å². The van der Waals surface area contributed by atoms with E-state index in [4.69, 9.17) is 22.1 Å². The van der Waals surface area contributed by atoms with Crippen LogP contribution in [-0.2, 0) is 4.79 Å². The molecule has 0 aromatic heterocycles. The molecule has 1 aromatic carbocycles. The number of carbonyl (C=O) groups is 1. The molecule has 0 saturated carbocycles. The van der Waals surface area contributed by atoms with E-state index in [1.165, 1.54) is 0 Å². The fourth-order valence-corrected chi connectivity index (χ4v) is 1.59. The lowest BCUT2D eigenvalue weighted by Gasteiger charge is -2.07. The van der Waals surface area contributed by atoms with Gasteiger partial charge in [0, 0.05) is 13.0 Å². The van der Waals surface area contributed by atoms with Crippen molar-refractivity contribution in [3.8, 4) is 5.75 Å². The first-order valence-corrected chi connectivity index (χ1v) is 6.46. The van der Waals surface area contributed by atoms with Crippen LogP contribution < -0.4 is 15.8 Å². The molecule has 108 valence electrons. The monoisotopic (exact) mass is 306 g/mol. The molecule has 0 aliphatic carbocycles. The van der Waals surface area contributed by atoms with Crippen LogP contribution in [0.5, 0.6) is 5.75 Å². The molecule has 0 aliphatic heterocycles. The summed E-state index contributed by atoms with van der Waals surface area (Å²) in [5.74, 6) is 0.689. The van der Waals surface area contributed by atoms with E-state index in [2.05, 4.69) is 5.32 Å². The first kappa shape index (κ1) is 18.0. The van der Waals surface area contributed by atoms with Crippen molar-refractivity contribution < 1.29 is 9.53 Å². The van der Waals surface area contributed by atoms with Crippen LogP contribution in [0.1, 0.15) is 19.3 Å². The van der Waals surface area contributed by atoms with Crippen LogP contribution in [-0.4, -0.2) is 25.6 Å². The fraction of sp³-hybridized carbons (Fsp3) is 0.462. The molecule has 3 N–H and O–H groups in total. The lowest BCUT2D eigenvalue weighted by molar-refractivity contribution is -0.121. The average molecular weight is 307 g/mol. The van der Waals surface area contributed by atoms with Gasteiger partial charge in [0.15, 0.2) is 0 Å². The molecule has 0 unspecified atom stereocenters. The molecular formula is C13H20Cl2N2O2. The van der Waals surface area contributed by atoms with E-state index in [0.29, 0.717) is 43.3 Å². The van der Waals surface area contributed by atoms with Crippen LogP contribution in [0.25, 0.3) is 0 Å². The molecule has 1 aromatic rings. The lowest BCUT2D eigenvalue weighted by atomic mass is 10.3. The highest BCUT2D eigenvalue weighted by Gasteiger charge is 2.02. The molecule has 6 heteroatoms. The van der Waals surface area contributed by atoms with Crippen LogP contribution in [0.2, 0.25) is 5.02 Å². The summed E-state index contributed by atoms with van der Waals surface area (Å²) in [4.78, 5) is 11.4. The van der Waals surface area contributed by atoms with Crippen molar-refractivity contribution >= 4 is 29.9 Å². The van der Waals surface area contributed by atoms with Crippen LogP contribution >= 0.6 is 24.0 Å². The van der Waals surface area contributed by atoms with Gasteiger partial charge in [0.2, 0.25) is 5.91 Å². The van der Waals surface area contributed by atoms with Crippen molar-refractivity contribution in [1.29, 1.82) is 0 Å². The Morgan fingerprint density at radius 2 is 2.05 bits per heavy atom. The highest BCUT2D eigenvalue weighted by atomic mass is 35.5. The van der Waals surface area contributed by atoms with Crippen molar-refractivity contribution in [2.75, 3.05) is 19.7 Å². The Morgan fingerprint density at radius 1 is 1.32 bits per heavy atom. The van der Waals surface area contributed by atoms with Gasteiger partial charge in [0.05, 0.1) is 11.6 Å². The first-order valence-electron chi connectivity index (χ1n) is 6.08. The largest absolute Gasteiger partial charge is 0.492 e. The van der Waals surface area contributed by atoms with E-state index in [-0.39, 0.29) is 18.3 Å². The van der Waals surface area contributed by atoms with E-state index in [0.717, 1.165) is 6.42 Å². The van der Waals surface area contributed by atoms with Gasteiger partial charge in [-0.15, -0.1) is 12.4 Å². The molecule has 19 heavy (non-hydrogen) atoms. The standard InChI is InChI=1S/C13H19ClN2O2.ClH/c14-11-5-1-2-6-12(11)18-10-3-7-13(17)16-9-4-8-15;/h1-2,5-6H,3-4,7-10,15H2,(H,16,17);1H. The van der Waals surface area contributed by atoms with E-state index in [9.17, 15) is 4.79 Å². The summed E-state index contributed by atoms with van der Waals surface area (Å²) in [6.07, 6.45) is 1.93. The SMILES string of the molecule is Cl.NCCCNC(=O)CCCOc1ccccc1Cl. The number of hydrogen-bond acceptors (Lipinski definition) is 3. The van der Waals surface area contributed by atoms with Gasteiger partial charge in [-0.1, -0.05) is 23.7 Å². The molecule has 0 aliphatic rings. The minimum absolute atomic E-state index is 0. The summed E-state index contributed by atoms with van der Waals surface area (Å²) in [6, 6.07) is 7.29. The summed E-state index contributed by atoms with van der Waals surface area (Å²) < 4.78 is 5.48. The summed E-state index contributed by atoms with van der Waals surface area (Å²) in [5, 5.41) is 3.38. The molecule has 0 atom stereocenters. The van der Waals surface area contributed by atoms with Crippen molar-refractivity contribution in [2.45, 2.75) is 19.3 Å². The first-order chi connectivity index (χ1) is 8.74. The van der Waals surface area contributed by atoms with Crippen LogP contribution in [0.15, 0.2) is 24.3 Å². The second-order valence-corrected chi connectivity index (χ2v) is 4.28. The van der Waals surface area contributed by atoms with Crippen molar-refractivity contribution in [3.63, 3.8) is 0 Å². The molecule has 0 fully saturated rings. The summed E-state index contributed by atoms with van der Waals surface area (Å²) in [7, 11) is 0. The Hall–Kier alpha value is -0.970. The smallest absolute Gasteiger partial charge is 0.220 e. The van der Waals surface area contributed by atoms with Gasteiger partial charge >= 0.3 is 0 Å². The summed E-state index contributed by atoms with van der Waals surface area (Å²) in [6.45, 7) is 1.71. The molecular weight excluding hydrogens is 287 g/mol. The van der Waals surface area contributed by atoms with E-state index in [1.807, 2.05) is 18.2 Å². The highest BCUT2D eigenvalue weighted by molar-refractivity contribution is 6.32. The maximum absolute atomic E-state index is 11.4. The van der Waals surface area contributed by atoms with Crippen molar-refractivity contribution in [2.24, 2.45) is 5.73 Å². The van der Waals surface area contributed by atoms with Gasteiger partial charge in [-0.05, 0) is 31.5 Å². The second-order valence-electron chi connectivity index (χ2n) is 3.87. The zero-order chi connectivity index (χ0) is 13.2. The van der Waals surface area contributed by atoms with Gasteiger partial charge in [0.25, 0.3) is 0 Å². The van der Waals surface area contributed by atoms with Gasteiger partial charge in [-0.2, -0.15) is 0 Å². The van der Waals surface area contributed by atoms with E-state index < -0.39 is 0 Å². The average Bonchev–Trinajstić information content (AvgIpc) is 2.37. The predicted octanol–water partition coefficient (Wildman–Crippen LogP) is 2.39. The Kier molecular flexibility index (Phi) is 10.4. The number of benzene rings is 1. The number of carbonyl (C=O) groups excluding carboxylic acids is 1. The van der Waals surface area contributed by atoms with Crippen LogP contribution in [0.4, 0.5) is 0 Å². The van der Waals surface area contributed by atoms with Crippen LogP contribution in [0.3, 0.4) is 0 Å². The van der Waals surface area contributed by atoms with Crippen molar-refractivity contribution in [3.05, 3.63) is 29.3 Å². The fourth-order valence-electron chi connectivity index (χ4n) is 1.39. The lowest BCUT2D eigenvalue weighted by Crippen LogP contribution is -2.26. The number of rotatable bonds is 8. The summed E-state index contributed by atoms with van der Waals surface area (Å²) >= 11 is 5.93. The molecule has 0 radical (unpaired) electrons. The number of nitrogens with one attached hydrogen (secondary N) is 1. The topological polar surface area (TPSA) is 64.3 Å². The van der Waals surface area contributed by atoms with Gasteiger partial charge in [0.1, 0.15) is 5.75 Å². The van der Waals surface area contributed by atoms with E-state index >= 15 is 0 Å². The Balaban J connectivity index is 0.00000324. The summed E-state index contributed by atoms with van der Waals surface area (Å²) in [5.41, 5.74) is 5.33. The number of hydrogen-bond donors (Lipinski definition) is 2. The second kappa shape index (κ2) is 10.9. The zero-order valence-electron chi connectivity index (χ0n) is 10.7. The third-order valence-electron chi connectivity index (χ3n) is 2.35. The maximum atomic E-state index is 11.4. The number of ether oxygens (including phenoxy) is 1. The number of para-hydroxylation sites is 1. The molecule has 4 nitrogen and oxygen atoms in total. The molecule has 1 rings (SSSR count). The third-order valence-corrected chi connectivity index (χ3v) is 2.66. The Labute approximate surface area is 125 Å². The maximum Gasteiger partial charge on any atom is 0.220 e. The zero-order valence-corrected chi connectivity index (χ0v) is 12.3. The van der Waals surface area contributed by atoms with Crippen LogP contribution in [0, 0.1) is 0 Å². The molecule has 0 spiro atoms. The molecule has 0 heterocycles. The van der Waals surface area contributed by atoms with Gasteiger partial charge < -0.3 is 15.8 Å². The number of halogens is 2. The third kappa shape index (κ3) is 7.93. The normalized spacial score (nSPS) is 9.58. The quantitative estimate of drug-likeness (QED) is 0.725. The highest BCUT2D eigenvalue weighted by Crippen LogP contribution is 2.23. The minimum atomic E-state index is 0. The molecule has 1 amide bonds. The Bertz CT molecular complexity index is 375. The number of amides is 1. The van der Waals surface area contributed by atoms with E-state index in [1.54, 1.807) is 6.07 Å². The van der Waals surface area contributed by atoms with Gasteiger partial charge in [-0.3, -0.25) is 4.79 Å². The minimum Gasteiger partial charge on any atom is -0.492 e. The Morgan fingerprint density at radius 3 is 2.74 bits per heavy atom. The predicted molar refractivity (Wildman–Crippen MR) is 80.1 cm³/mol. The number of nitrogens with two attached hydrogens (primary N) is 1. The van der Waals surface area contributed by atoms with Crippen molar-refractivity contribution in [1.82, 2.24) is 5.32 Å². The molecule has 0 bridgehead atoms. The molecule has 0 saturated heterocycles.